The van der Waals surface area contributed by atoms with Crippen LogP contribution >= 0.6 is 0 Å². The predicted molar refractivity (Wildman–Crippen MR) is 60.8 cm³/mol. The highest BCUT2D eigenvalue weighted by molar-refractivity contribution is 7.92. The van der Waals surface area contributed by atoms with Crippen LogP contribution in [0.1, 0.15) is 10.4 Å². The van der Waals surface area contributed by atoms with Crippen molar-refractivity contribution in [2.45, 2.75) is 0 Å². The van der Waals surface area contributed by atoms with Gasteiger partial charge in [-0.15, -0.1) is 0 Å². The smallest absolute Gasteiger partial charge is 0.341 e. The Morgan fingerprint density at radius 3 is 2.71 bits per heavy atom. The summed E-state index contributed by atoms with van der Waals surface area (Å²) in [4.78, 5) is 11.5. The Morgan fingerprint density at radius 1 is 1.47 bits per heavy atom. The summed E-state index contributed by atoms with van der Waals surface area (Å²) in [6.07, 6.45) is 0.977. The van der Waals surface area contributed by atoms with Crippen LogP contribution in [-0.4, -0.2) is 27.2 Å². The van der Waals surface area contributed by atoms with Crippen LogP contribution in [0.5, 0.6) is 0 Å². The summed E-state index contributed by atoms with van der Waals surface area (Å²) in [7, 11) is -3.48. The van der Waals surface area contributed by atoms with Gasteiger partial charge < -0.3 is 4.74 Å². The number of nitrogens with zero attached hydrogens (tertiary/aromatic N) is 1. The first-order valence-electron chi connectivity index (χ1n) is 4.55. The molecule has 0 saturated carbocycles. The van der Waals surface area contributed by atoms with Crippen molar-refractivity contribution < 1.29 is 17.9 Å². The Bertz CT molecular complexity index is 560. The topological polar surface area (TPSA) is 96.3 Å². The van der Waals surface area contributed by atoms with Gasteiger partial charge in [-0.05, 0) is 12.1 Å². The van der Waals surface area contributed by atoms with Gasteiger partial charge in [0.25, 0.3) is 0 Å². The predicted octanol–water partition coefficient (Wildman–Crippen LogP) is 0.738. The van der Waals surface area contributed by atoms with Crippen LogP contribution in [0.3, 0.4) is 0 Å². The summed E-state index contributed by atoms with van der Waals surface area (Å²) in [6.45, 7) is -0.383. The highest BCUT2D eigenvalue weighted by Gasteiger charge is 2.14. The van der Waals surface area contributed by atoms with Gasteiger partial charge in [-0.2, -0.15) is 5.26 Å². The molecule has 6 nitrogen and oxygen atoms in total. The van der Waals surface area contributed by atoms with Gasteiger partial charge in [0.1, 0.15) is 6.07 Å². The summed E-state index contributed by atoms with van der Waals surface area (Å²) >= 11 is 0. The number of para-hydroxylation sites is 1. The number of anilines is 1. The minimum atomic E-state index is -3.48. The van der Waals surface area contributed by atoms with Crippen molar-refractivity contribution in [2.75, 3.05) is 17.6 Å². The van der Waals surface area contributed by atoms with E-state index in [0.29, 0.717) is 0 Å². The van der Waals surface area contributed by atoms with E-state index < -0.39 is 16.0 Å². The molecule has 90 valence electrons. The van der Waals surface area contributed by atoms with Crippen LogP contribution in [0, 0.1) is 11.3 Å². The largest absolute Gasteiger partial charge is 0.447 e. The number of carbonyl (C=O) groups excluding carboxylic acids is 1. The van der Waals surface area contributed by atoms with E-state index in [1.807, 2.05) is 0 Å². The first kappa shape index (κ1) is 13.0. The molecule has 0 aliphatic heterocycles. The molecule has 1 N–H and O–H groups in total. The van der Waals surface area contributed by atoms with Crippen molar-refractivity contribution in [1.82, 2.24) is 0 Å². The molecular weight excluding hydrogens is 244 g/mol. The van der Waals surface area contributed by atoms with Crippen molar-refractivity contribution in [3.05, 3.63) is 29.8 Å². The first-order valence-corrected chi connectivity index (χ1v) is 6.44. The molecule has 1 aromatic carbocycles. The molecule has 0 aliphatic rings. The van der Waals surface area contributed by atoms with E-state index >= 15 is 0 Å². The highest BCUT2D eigenvalue weighted by atomic mass is 32.2. The van der Waals surface area contributed by atoms with Gasteiger partial charge in [-0.3, -0.25) is 4.72 Å². The van der Waals surface area contributed by atoms with Crippen LogP contribution in [0.15, 0.2) is 24.3 Å². The maximum atomic E-state index is 11.5. The number of nitriles is 1. The number of carbonyl (C=O) groups is 1. The standard InChI is InChI=1S/C10H10N2O4S/c1-17(14,15)12-9-5-3-2-4-8(9)10(13)16-7-6-11/h2-5,12H,7H2,1H3. The van der Waals surface area contributed by atoms with E-state index in [1.54, 1.807) is 18.2 Å². The molecule has 0 amide bonds. The fraction of sp³-hybridized carbons (Fsp3) is 0.200. The number of rotatable bonds is 4. The molecule has 0 heterocycles. The number of benzene rings is 1. The van der Waals surface area contributed by atoms with E-state index in [0.717, 1.165) is 6.26 Å². The lowest BCUT2D eigenvalue weighted by Gasteiger charge is -2.08. The second kappa shape index (κ2) is 5.32. The van der Waals surface area contributed by atoms with Gasteiger partial charge in [-0.1, -0.05) is 12.1 Å². The monoisotopic (exact) mass is 254 g/mol. The maximum Gasteiger partial charge on any atom is 0.341 e. The number of esters is 1. The third-order valence-corrected chi connectivity index (χ3v) is 2.30. The van der Waals surface area contributed by atoms with Crippen LogP contribution in [0.25, 0.3) is 0 Å². The van der Waals surface area contributed by atoms with Crippen molar-refractivity contribution in [2.24, 2.45) is 0 Å². The number of sulfonamides is 1. The number of hydrogen-bond acceptors (Lipinski definition) is 5. The lowest BCUT2D eigenvalue weighted by atomic mass is 10.2. The summed E-state index contributed by atoms with van der Waals surface area (Å²) in [6, 6.07) is 7.64. The fourth-order valence-electron chi connectivity index (χ4n) is 1.13. The molecule has 0 radical (unpaired) electrons. The molecule has 17 heavy (non-hydrogen) atoms. The Balaban J connectivity index is 3.00. The lowest BCUT2D eigenvalue weighted by molar-refractivity contribution is 0.0556. The first-order chi connectivity index (χ1) is 7.94. The Hall–Kier alpha value is -2.07. The minimum absolute atomic E-state index is 0.0631. The van der Waals surface area contributed by atoms with Gasteiger partial charge in [0.05, 0.1) is 17.5 Å². The number of hydrogen-bond donors (Lipinski definition) is 1. The zero-order valence-electron chi connectivity index (χ0n) is 9.00. The quantitative estimate of drug-likeness (QED) is 0.799. The third kappa shape index (κ3) is 4.12. The second-order valence-electron chi connectivity index (χ2n) is 3.15. The molecule has 0 bridgehead atoms. The Kier molecular flexibility index (Phi) is 4.06. The molecule has 0 aliphatic carbocycles. The molecule has 0 aromatic heterocycles. The van der Waals surface area contributed by atoms with Crippen molar-refractivity contribution in [3.63, 3.8) is 0 Å². The van der Waals surface area contributed by atoms with E-state index in [4.69, 9.17) is 5.26 Å². The fourth-order valence-corrected chi connectivity index (χ4v) is 1.70. The summed E-state index contributed by atoms with van der Waals surface area (Å²) in [5.74, 6) is -0.752. The van der Waals surface area contributed by atoms with Crippen LogP contribution in [-0.2, 0) is 14.8 Å². The average Bonchev–Trinajstić information content (AvgIpc) is 2.24. The molecule has 0 fully saturated rings. The number of nitrogens with one attached hydrogen (secondary N) is 1. The van der Waals surface area contributed by atoms with Gasteiger partial charge >= 0.3 is 5.97 Å². The third-order valence-electron chi connectivity index (χ3n) is 1.71. The molecule has 1 aromatic rings. The number of ether oxygens (including phenoxy) is 1. The zero-order chi connectivity index (χ0) is 12.9. The van der Waals surface area contributed by atoms with Gasteiger partial charge in [0.15, 0.2) is 6.61 Å². The van der Waals surface area contributed by atoms with Crippen molar-refractivity contribution in [3.8, 4) is 6.07 Å². The minimum Gasteiger partial charge on any atom is -0.447 e. The molecule has 0 saturated heterocycles. The molecule has 0 spiro atoms. The lowest BCUT2D eigenvalue weighted by Crippen LogP contribution is -2.14. The summed E-state index contributed by atoms with van der Waals surface area (Å²) in [5, 5.41) is 8.28. The molecule has 1 rings (SSSR count). The van der Waals surface area contributed by atoms with Crippen LogP contribution < -0.4 is 4.72 Å². The van der Waals surface area contributed by atoms with E-state index in [1.165, 1.54) is 12.1 Å². The van der Waals surface area contributed by atoms with Gasteiger partial charge in [0.2, 0.25) is 10.0 Å². The zero-order valence-corrected chi connectivity index (χ0v) is 9.82. The summed E-state index contributed by atoms with van der Waals surface area (Å²) < 4.78 is 28.9. The Labute approximate surface area is 98.9 Å². The van der Waals surface area contributed by atoms with Crippen molar-refractivity contribution >= 4 is 21.7 Å². The second-order valence-corrected chi connectivity index (χ2v) is 4.90. The summed E-state index contributed by atoms with van der Waals surface area (Å²) in [5.41, 5.74) is 0.186. The SMILES string of the molecule is CS(=O)(=O)Nc1ccccc1C(=O)OCC#N. The molecular formula is C10H10N2O4S. The average molecular weight is 254 g/mol. The molecule has 0 atom stereocenters. The molecule has 7 heteroatoms. The maximum absolute atomic E-state index is 11.5. The molecule has 0 unspecified atom stereocenters. The van der Waals surface area contributed by atoms with Gasteiger partial charge in [0, 0.05) is 0 Å². The van der Waals surface area contributed by atoms with Crippen LogP contribution in [0.2, 0.25) is 0 Å². The van der Waals surface area contributed by atoms with E-state index in [-0.39, 0.29) is 17.9 Å². The van der Waals surface area contributed by atoms with Gasteiger partial charge in [-0.25, -0.2) is 13.2 Å². The Morgan fingerprint density at radius 2 is 2.12 bits per heavy atom. The highest BCUT2D eigenvalue weighted by Crippen LogP contribution is 2.17. The van der Waals surface area contributed by atoms with E-state index in [9.17, 15) is 13.2 Å². The normalized spacial score (nSPS) is 10.4. The van der Waals surface area contributed by atoms with E-state index in [2.05, 4.69) is 9.46 Å². The van der Waals surface area contributed by atoms with Crippen molar-refractivity contribution in [1.29, 1.82) is 5.26 Å². The van der Waals surface area contributed by atoms with Crippen LogP contribution in [0.4, 0.5) is 5.69 Å².